The van der Waals surface area contributed by atoms with Gasteiger partial charge in [-0.05, 0) is 44.5 Å². The highest BCUT2D eigenvalue weighted by Gasteiger charge is 2.25. The monoisotopic (exact) mass is 332 g/mol. The molecular weight excluding hydrogens is 308 g/mol. The fourth-order valence-corrected chi connectivity index (χ4v) is 4.16. The summed E-state index contributed by atoms with van der Waals surface area (Å²) in [6.45, 7) is 9.66. The first-order valence-corrected chi connectivity index (χ1v) is 9.17. The van der Waals surface area contributed by atoms with Gasteiger partial charge in [0.25, 0.3) is 0 Å². The summed E-state index contributed by atoms with van der Waals surface area (Å²) < 4.78 is 26.6. The molecule has 0 saturated carbocycles. The summed E-state index contributed by atoms with van der Waals surface area (Å²) in [6.07, 6.45) is 1.05. The number of nitrogens with one attached hydrogen (secondary N) is 1. The van der Waals surface area contributed by atoms with E-state index in [1.165, 1.54) is 4.31 Å². The summed E-state index contributed by atoms with van der Waals surface area (Å²) in [5.41, 5.74) is 0.914. The molecule has 0 saturated heterocycles. The van der Waals surface area contributed by atoms with E-state index >= 15 is 0 Å². The number of hydrogen-bond donors (Lipinski definition) is 1. The highest BCUT2D eigenvalue weighted by atomic mass is 35.5. The fourth-order valence-electron chi connectivity index (χ4n) is 2.18. The molecule has 0 radical (unpaired) electrons. The van der Waals surface area contributed by atoms with Crippen LogP contribution in [0.4, 0.5) is 0 Å². The van der Waals surface area contributed by atoms with Gasteiger partial charge >= 0.3 is 0 Å². The molecule has 0 bridgehead atoms. The van der Waals surface area contributed by atoms with Crippen LogP contribution in [0.2, 0.25) is 5.02 Å². The molecule has 1 aromatic rings. The van der Waals surface area contributed by atoms with Crippen molar-refractivity contribution in [3.63, 3.8) is 0 Å². The SMILES string of the molecule is CCCNCc1ccc(S(=O)(=O)N(CC)C(C)C)cc1Cl. The van der Waals surface area contributed by atoms with E-state index in [9.17, 15) is 8.42 Å². The van der Waals surface area contributed by atoms with Gasteiger partial charge in [0.15, 0.2) is 0 Å². The number of hydrogen-bond acceptors (Lipinski definition) is 3. The van der Waals surface area contributed by atoms with Crippen LogP contribution >= 0.6 is 11.6 Å². The fraction of sp³-hybridized carbons (Fsp3) is 0.600. The number of sulfonamides is 1. The van der Waals surface area contributed by atoms with Crippen molar-refractivity contribution in [3.05, 3.63) is 28.8 Å². The van der Waals surface area contributed by atoms with E-state index < -0.39 is 10.0 Å². The Balaban J connectivity index is 3.02. The average molecular weight is 333 g/mol. The maximum atomic E-state index is 12.6. The van der Waals surface area contributed by atoms with Crippen LogP contribution in [0.25, 0.3) is 0 Å². The van der Waals surface area contributed by atoms with Crippen LogP contribution in [-0.2, 0) is 16.6 Å². The van der Waals surface area contributed by atoms with Gasteiger partial charge in [-0.2, -0.15) is 4.31 Å². The number of benzene rings is 1. The van der Waals surface area contributed by atoms with Crippen molar-refractivity contribution >= 4 is 21.6 Å². The molecule has 0 aromatic heterocycles. The molecule has 0 aliphatic rings. The van der Waals surface area contributed by atoms with E-state index in [1.54, 1.807) is 18.2 Å². The van der Waals surface area contributed by atoms with Gasteiger partial charge in [-0.3, -0.25) is 0 Å². The Morgan fingerprint density at radius 1 is 1.29 bits per heavy atom. The van der Waals surface area contributed by atoms with Gasteiger partial charge in [-0.1, -0.05) is 31.5 Å². The third kappa shape index (κ3) is 4.68. The quantitative estimate of drug-likeness (QED) is 0.743. The zero-order chi connectivity index (χ0) is 16.0. The first-order valence-electron chi connectivity index (χ1n) is 7.35. The maximum absolute atomic E-state index is 12.6. The molecule has 0 aliphatic carbocycles. The van der Waals surface area contributed by atoms with E-state index in [0.717, 1.165) is 18.5 Å². The number of nitrogens with zero attached hydrogens (tertiary/aromatic N) is 1. The van der Waals surface area contributed by atoms with E-state index in [1.807, 2.05) is 20.8 Å². The lowest BCUT2D eigenvalue weighted by atomic mass is 10.2. The Labute approximate surface area is 133 Å². The molecule has 1 rings (SSSR count). The van der Waals surface area contributed by atoms with E-state index in [4.69, 9.17) is 11.6 Å². The molecule has 6 heteroatoms. The van der Waals surface area contributed by atoms with Gasteiger partial charge in [0, 0.05) is 24.2 Å². The molecule has 120 valence electrons. The first kappa shape index (κ1) is 18.4. The molecule has 0 amide bonds. The van der Waals surface area contributed by atoms with Crippen molar-refractivity contribution in [2.24, 2.45) is 0 Å². The summed E-state index contributed by atoms with van der Waals surface area (Å²) in [5, 5.41) is 3.74. The second-order valence-electron chi connectivity index (χ2n) is 5.23. The molecule has 0 spiro atoms. The van der Waals surface area contributed by atoms with Gasteiger partial charge in [0.05, 0.1) is 4.90 Å². The zero-order valence-electron chi connectivity index (χ0n) is 13.2. The third-order valence-corrected chi connectivity index (χ3v) is 5.76. The molecular formula is C15H25ClN2O2S. The van der Waals surface area contributed by atoms with Gasteiger partial charge in [0.2, 0.25) is 10.0 Å². The lowest BCUT2D eigenvalue weighted by molar-refractivity contribution is 0.369. The molecule has 0 heterocycles. The van der Waals surface area contributed by atoms with Crippen LogP contribution in [-0.4, -0.2) is 31.9 Å². The largest absolute Gasteiger partial charge is 0.313 e. The average Bonchev–Trinajstić information content (AvgIpc) is 2.40. The molecule has 0 aliphatic heterocycles. The van der Waals surface area contributed by atoms with E-state index in [0.29, 0.717) is 18.1 Å². The predicted octanol–water partition coefficient (Wildman–Crippen LogP) is 3.26. The second-order valence-corrected chi connectivity index (χ2v) is 7.53. The van der Waals surface area contributed by atoms with Crippen molar-refractivity contribution in [3.8, 4) is 0 Å². The summed E-state index contributed by atoms with van der Waals surface area (Å²) in [7, 11) is -3.49. The Morgan fingerprint density at radius 2 is 1.95 bits per heavy atom. The lowest BCUT2D eigenvalue weighted by Crippen LogP contribution is -2.36. The molecule has 21 heavy (non-hydrogen) atoms. The Bertz CT molecular complexity index is 559. The molecule has 0 unspecified atom stereocenters. The smallest absolute Gasteiger partial charge is 0.243 e. The summed E-state index contributed by atoms with van der Waals surface area (Å²) in [6, 6.07) is 4.89. The summed E-state index contributed by atoms with van der Waals surface area (Å²) >= 11 is 6.22. The van der Waals surface area contributed by atoms with Gasteiger partial charge in [0.1, 0.15) is 0 Å². The summed E-state index contributed by atoms with van der Waals surface area (Å²) in [4.78, 5) is 0.252. The van der Waals surface area contributed by atoms with Crippen molar-refractivity contribution in [2.75, 3.05) is 13.1 Å². The Morgan fingerprint density at radius 3 is 2.43 bits per heavy atom. The minimum atomic E-state index is -3.49. The van der Waals surface area contributed by atoms with Gasteiger partial charge in [-0.25, -0.2) is 8.42 Å². The highest BCUT2D eigenvalue weighted by Crippen LogP contribution is 2.24. The van der Waals surface area contributed by atoms with Crippen LogP contribution in [0.1, 0.15) is 39.7 Å². The van der Waals surface area contributed by atoms with E-state index in [-0.39, 0.29) is 10.9 Å². The molecule has 0 atom stereocenters. The lowest BCUT2D eigenvalue weighted by Gasteiger charge is -2.24. The second kappa shape index (κ2) is 8.13. The van der Waals surface area contributed by atoms with Crippen LogP contribution in [0.3, 0.4) is 0 Å². The highest BCUT2D eigenvalue weighted by molar-refractivity contribution is 7.89. The topological polar surface area (TPSA) is 49.4 Å². The van der Waals surface area contributed by atoms with Crippen LogP contribution in [0.15, 0.2) is 23.1 Å². The minimum absolute atomic E-state index is 0.0790. The maximum Gasteiger partial charge on any atom is 0.243 e. The molecule has 1 N–H and O–H groups in total. The molecule has 4 nitrogen and oxygen atoms in total. The summed E-state index contributed by atoms with van der Waals surface area (Å²) in [5.74, 6) is 0. The van der Waals surface area contributed by atoms with Crippen molar-refractivity contribution in [1.82, 2.24) is 9.62 Å². The van der Waals surface area contributed by atoms with Crippen LogP contribution in [0, 0.1) is 0 Å². The number of halogens is 1. The standard InChI is InChI=1S/C15H25ClN2O2S/c1-5-9-17-11-13-7-8-14(10-15(13)16)21(19,20)18(6-2)12(3)4/h7-8,10,12,17H,5-6,9,11H2,1-4H3. The normalized spacial score (nSPS) is 12.3. The van der Waals surface area contributed by atoms with Gasteiger partial charge < -0.3 is 5.32 Å². The minimum Gasteiger partial charge on any atom is -0.313 e. The number of rotatable bonds is 8. The van der Waals surface area contributed by atoms with Crippen molar-refractivity contribution in [1.29, 1.82) is 0 Å². The predicted molar refractivity (Wildman–Crippen MR) is 88.2 cm³/mol. The third-order valence-electron chi connectivity index (χ3n) is 3.26. The van der Waals surface area contributed by atoms with Crippen LogP contribution in [0.5, 0.6) is 0 Å². The van der Waals surface area contributed by atoms with Gasteiger partial charge in [-0.15, -0.1) is 0 Å². The Hall–Kier alpha value is -0.620. The van der Waals surface area contributed by atoms with E-state index in [2.05, 4.69) is 12.2 Å². The zero-order valence-corrected chi connectivity index (χ0v) is 14.8. The van der Waals surface area contributed by atoms with Crippen LogP contribution < -0.4 is 5.32 Å². The van der Waals surface area contributed by atoms with Crippen molar-refractivity contribution < 1.29 is 8.42 Å². The molecule has 0 fully saturated rings. The van der Waals surface area contributed by atoms with Crippen molar-refractivity contribution in [2.45, 2.75) is 51.6 Å². The first-order chi connectivity index (χ1) is 9.84. The Kier molecular flexibility index (Phi) is 7.13. The molecule has 1 aromatic carbocycles.